The number of nitrogens with zero attached hydrogens (tertiary/aromatic N) is 1. The Hall–Kier alpha value is -1.43. The average Bonchev–Trinajstić information content (AvgIpc) is 2.55. The third kappa shape index (κ3) is 5.12. The molecular formula is C16H25N3O2. The fourth-order valence-electron chi connectivity index (χ4n) is 2.56. The lowest BCUT2D eigenvalue weighted by molar-refractivity contribution is -0.121. The number of morpholine rings is 1. The van der Waals surface area contributed by atoms with Gasteiger partial charge in [0.25, 0.3) is 0 Å². The third-order valence-electron chi connectivity index (χ3n) is 3.77. The Kier molecular flexibility index (Phi) is 6.66. The maximum Gasteiger partial charge on any atom is 0.221 e. The Morgan fingerprint density at radius 3 is 2.67 bits per heavy atom. The number of ether oxygens (including phenoxy) is 1. The zero-order chi connectivity index (χ0) is 14.9. The van der Waals surface area contributed by atoms with Crippen molar-refractivity contribution in [1.29, 1.82) is 0 Å². The number of benzene rings is 1. The molecule has 1 fully saturated rings. The molecular weight excluding hydrogens is 266 g/mol. The van der Waals surface area contributed by atoms with Gasteiger partial charge in [-0.05, 0) is 12.6 Å². The minimum atomic E-state index is 0.0959. The van der Waals surface area contributed by atoms with E-state index in [0.717, 1.165) is 26.3 Å². The first-order valence-electron chi connectivity index (χ1n) is 7.59. The van der Waals surface area contributed by atoms with Gasteiger partial charge in [-0.2, -0.15) is 0 Å². The molecule has 1 atom stereocenters. The Morgan fingerprint density at radius 2 is 2.00 bits per heavy atom. The second-order valence-electron chi connectivity index (χ2n) is 5.23. The second-order valence-corrected chi connectivity index (χ2v) is 5.23. The van der Waals surface area contributed by atoms with Gasteiger partial charge in [-0.25, -0.2) is 0 Å². The number of carbonyl (C=O) groups is 1. The Labute approximate surface area is 126 Å². The summed E-state index contributed by atoms with van der Waals surface area (Å²) in [6.07, 6.45) is 0.515. The van der Waals surface area contributed by atoms with E-state index in [0.29, 0.717) is 19.5 Å². The second kappa shape index (κ2) is 8.77. The van der Waals surface area contributed by atoms with Gasteiger partial charge in [0, 0.05) is 32.6 Å². The molecule has 1 amide bonds. The minimum Gasteiger partial charge on any atom is -0.379 e. The molecule has 5 nitrogen and oxygen atoms in total. The van der Waals surface area contributed by atoms with E-state index in [4.69, 9.17) is 4.74 Å². The van der Waals surface area contributed by atoms with E-state index in [-0.39, 0.29) is 11.9 Å². The van der Waals surface area contributed by atoms with Crippen LogP contribution in [0.3, 0.4) is 0 Å². The minimum absolute atomic E-state index is 0.0959. The van der Waals surface area contributed by atoms with E-state index < -0.39 is 0 Å². The Bertz CT molecular complexity index is 419. The lowest BCUT2D eigenvalue weighted by atomic mass is 10.0. The van der Waals surface area contributed by atoms with Crippen LogP contribution in [0.2, 0.25) is 0 Å². The molecule has 0 radical (unpaired) electrons. The topological polar surface area (TPSA) is 53.6 Å². The van der Waals surface area contributed by atoms with Crippen LogP contribution in [0.25, 0.3) is 0 Å². The normalized spacial score (nSPS) is 17.4. The molecule has 0 aromatic heterocycles. The molecule has 1 aliphatic heterocycles. The first-order chi connectivity index (χ1) is 10.3. The first kappa shape index (κ1) is 15.9. The van der Waals surface area contributed by atoms with Crippen molar-refractivity contribution < 1.29 is 9.53 Å². The molecule has 21 heavy (non-hydrogen) atoms. The third-order valence-corrected chi connectivity index (χ3v) is 3.77. The van der Waals surface area contributed by atoms with Crippen LogP contribution < -0.4 is 10.6 Å². The van der Waals surface area contributed by atoms with Gasteiger partial charge < -0.3 is 15.4 Å². The van der Waals surface area contributed by atoms with Gasteiger partial charge >= 0.3 is 0 Å². The standard InChI is InChI=1S/C16H25N3O2/c1-17-8-7-16(20)18-13-15(14-5-3-2-4-6-14)19-9-11-21-12-10-19/h2-6,15,17H,7-13H2,1H3,(H,18,20). The first-order valence-corrected chi connectivity index (χ1v) is 7.59. The highest BCUT2D eigenvalue weighted by atomic mass is 16.5. The molecule has 116 valence electrons. The number of rotatable bonds is 7. The molecule has 2 rings (SSSR count). The average molecular weight is 291 g/mol. The number of amides is 1. The maximum absolute atomic E-state index is 11.8. The summed E-state index contributed by atoms with van der Waals surface area (Å²) in [5.41, 5.74) is 1.24. The van der Waals surface area contributed by atoms with Gasteiger partial charge in [0.1, 0.15) is 0 Å². The highest BCUT2D eigenvalue weighted by molar-refractivity contribution is 5.76. The number of carbonyl (C=O) groups excluding carboxylic acids is 1. The summed E-state index contributed by atoms with van der Waals surface area (Å²) in [6.45, 7) is 4.69. The van der Waals surface area contributed by atoms with Gasteiger partial charge in [-0.15, -0.1) is 0 Å². The molecule has 0 aliphatic carbocycles. The van der Waals surface area contributed by atoms with Gasteiger partial charge in [-0.3, -0.25) is 9.69 Å². The summed E-state index contributed by atoms with van der Waals surface area (Å²) in [6, 6.07) is 10.6. The van der Waals surface area contributed by atoms with Crippen LogP contribution in [0.4, 0.5) is 0 Å². The highest BCUT2D eigenvalue weighted by Gasteiger charge is 2.22. The van der Waals surface area contributed by atoms with Gasteiger partial charge in [0.2, 0.25) is 5.91 Å². The van der Waals surface area contributed by atoms with E-state index in [1.165, 1.54) is 5.56 Å². The molecule has 0 bridgehead atoms. The maximum atomic E-state index is 11.8. The zero-order valence-corrected chi connectivity index (χ0v) is 12.7. The van der Waals surface area contributed by atoms with Crippen molar-refractivity contribution in [2.75, 3.05) is 46.4 Å². The summed E-state index contributed by atoms with van der Waals surface area (Å²) < 4.78 is 5.43. The van der Waals surface area contributed by atoms with E-state index in [1.54, 1.807) is 0 Å². The smallest absolute Gasteiger partial charge is 0.221 e. The van der Waals surface area contributed by atoms with E-state index in [1.807, 2.05) is 25.2 Å². The summed E-state index contributed by atoms with van der Waals surface area (Å²) in [7, 11) is 1.85. The van der Waals surface area contributed by atoms with Crippen molar-refractivity contribution in [3.63, 3.8) is 0 Å². The summed E-state index contributed by atoms with van der Waals surface area (Å²) in [5.74, 6) is 0.0959. The molecule has 0 spiro atoms. The SMILES string of the molecule is CNCCC(=O)NCC(c1ccccc1)N1CCOCC1. The monoisotopic (exact) mass is 291 g/mol. The molecule has 1 saturated heterocycles. The van der Waals surface area contributed by atoms with Crippen molar-refractivity contribution in [2.24, 2.45) is 0 Å². The van der Waals surface area contributed by atoms with E-state index >= 15 is 0 Å². The van der Waals surface area contributed by atoms with Crippen LogP contribution >= 0.6 is 0 Å². The van der Waals surface area contributed by atoms with E-state index in [2.05, 4.69) is 27.7 Å². The summed E-state index contributed by atoms with van der Waals surface area (Å²) in [4.78, 5) is 14.2. The number of hydrogen-bond acceptors (Lipinski definition) is 4. The van der Waals surface area contributed by atoms with Gasteiger partial charge in [0.15, 0.2) is 0 Å². The van der Waals surface area contributed by atoms with Crippen molar-refractivity contribution in [1.82, 2.24) is 15.5 Å². The van der Waals surface area contributed by atoms with Crippen LogP contribution in [0.5, 0.6) is 0 Å². The quantitative estimate of drug-likeness (QED) is 0.780. The van der Waals surface area contributed by atoms with Crippen molar-refractivity contribution in [3.8, 4) is 0 Å². The molecule has 1 heterocycles. The molecule has 1 aromatic carbocycles. The molecule has 1 aliphatic rings. The Morgan fingerprint density at radius 1 is 1.29 bits per heavy atom. The predicted molar refractivity (Wildman–Crippen MR) is 83.1 cm³/mol. The molecule has 2 N–H and O–H groups in total. The largest absolute Gasteiger partial charge is 0.379 e. The van der Waals surface area contributed by atoms with Crippen LogP contribution in [0.1, 0.15) is 18.0 Å². The summed E-state index contributed by atoms with van der Waals surface area (Å²) in [5, 5.41) is 6.05. The van der Waals surface area contributed by atoms with Crippen molar-refractivity contribution >= 4 is 5.91 Å². The van der Waals surface area contributed by atoms with E-state index in [9.17, 15) is 4.79 Å². The Balaban J connectivity index is 1.97. The lowest BCUT2D eigenvalue weighted by Gasteiger charge is -2.35. The van der Waals surface area contributed by atoms with Crippen LogP contribution in [0, 0.1) is 0 Å². The predicted octanol–water partition coefficient (Wildman–Crippen LogP) is 0.786. The van der Waals surface area contributed by atoms with Crippen LogP contribution in [-0.4, -0.2) is 57.2 Å². The molecule has 1 aromatic rings. The van der Waals surface area contributed by atoms with Crippen LogP contribution in [0.15, 0.2) is 30.3 Å². The van der Waals surface area contributed by atoms with Gasteiger partial charge in [0.05, 0.1) is 19.3 Å². The fourth-order valence-corrected chi connectivity index (χ4v) is 2.56. The highest BCUT2D eigenvalue weighted by Crippen LogP contribution is 2.20. The van der Waals surface area contributed by atoms with Crippen LogP contribution in [-0.2, 0) is 9.53 Å². The van der Waals surface area contributed by atoms with Crippen molar-refractivity contribution in [3.05, 3.63) is 35.9 Å². The number of nitrogens with one attached hydrogen (secondary N) is 2. The zero-order valence-electron chi connectivity index (χ0n) is 12.7. The summed E-state index contributed by atoms with van der Waals surface area (Å²) >= 11 is 0. The molecule has 0 saturated carbocycles. The van der Waals surface area contributed by atoms with Crippen molar-refractivity contribution in [2.45, 2.75) is 12.5 Å². The molecule has 5 heteroatoms. The number of hydrogen-bond donors (Lipinski definition) is 2. The lowest BCUT2D eigenvalue weighted by Crippen LogP contribution is -2.44. The van der Waals surface area contributed by atoms with Gasteiger partial charge in [-0.1, -0.05) is 30.3 Å². The fraction of sp³-hybridized carbons (Fsp3) is 0.562. The molecule has 1 unspecified atom stereocenters.